The summed E-state index contributed by atoms with van der Waals surface area (Å²) >= 11 is 5.18. The topological polar surface area (TPSA) is 84.2 Å². The summed E-state index contributed by atoms with van der Waals surface area (Å²) in [5.74, 6) is -0.600. The molecule has 0 unspecified atom stereocenters. The predicted molar refractivity (Wildman–Crippen MR) is 86.6 cm³/mol. The third-order valence-electron chi connectivity index (χ3n) is 2.73. The van der Waals surface area contributed by atoms with E-state index in [1.807, 2.05) is 30.3 Å². The Kier molecular flexibility index (Phi) is 4.63. The number of nitrogens with one attached hydrogen (secondary N) is 2. The average Bonchev–Trinajstić information content (AvgIpc) is 2.47. The van der Waals surface area contributed by atoms with Crippen molar-refractivity contribution in [3.8, 4) is 0 Å². The molecular weight excluding hydrogens is 286 g/mol. The van der Waals surface area contributed by atoms with Crippen LogP contribution in [0.15, 0.2) is 48.5 Å². The Morgan fingerprint density at radius 2 is 1.81 bits per heavy atom. The average molecular weight is 299 g/mol. The Labute approximate surface area is 127 Å². The van der Waals surface area contributed by atoms with Crippen LogP contribution >= 0.6 is 12.2 Å². The van der Waals surface area contributed by atoms with Gasteiger partial charge >= 0.3 is 0 Å². The Balaban J connectivity index is 2.19. The van der Waals surface area contributed by atoms with Gasteiger partial charge in [0.25, 0.3) is 5.91 Å². The zero-order chi connectivity index (χ0) is 15.2. The van der Waals surface area contributed by atoms with E-state index in [2.05, 4.69) is 10.6 Å². The zero-order valence-electron chi connectivity index (χ0n) is 11.0. The molecule has 2 aromatic carbocycles. The van der Waals surface area contributed by atoms with E-state index in [0.717, 1.165) is 5.69 Å². The van der Waals surface area contributed by atoms with Gasteiger partial charge in [-0.2, -0.15) is 0 Å². The second-order valence-corrected chi connectivity index (χ2v) is 4.64. The summed E-state index contributed by atoms with van der Waals surface area (Å²) in [6, 6.07) is 13.9. The minimum Gasteiger partial charge on any atom is -0.366 e. The van der Waals surface area contributed by atoms with Crippen LogP contribution < -0.4 is 16.4 Å². The molecule has 0 saturated heterocycles. The van der Waals surface area contributed by atoms with E-state index < -0.39 is 5.91 Å². The van der Waals surface area contributed by atoms with Crippen LogP contribution in [0, 0.1) is 0 Å². The number of benzene rings is 2. The van der Waals surface area contributed by atoms with Gasteiger partial charge in [0.15, 0.2) is 5.11 Å². The van der Waals surface area contributed by atoms with E-state index in [4.69, 9.17) is 18.0 Å². The minimum atomic E-state index is -0.600. The lowest BCUT2D eigenvalue weighted by Gasteiger charge is -2.13. The van der Waals surface area contributed by atoms with Crippen LogP contribution in [-0.2, 0) is 0 Å². The monoisotopic (exact) mass is 299 g/mol. The molecule has 0 radical (unpaired) electrons. The smallest absolute Gasteiger partial charge is 0.250 e. The number of para-hydroxylation sites is 1. The van der Waals surface area contributed by atoms with Crippen LogP contribution in [-0.4, -0.2) is 17.3 Å². The molecule has 0 aliphatic heterocycles. The first kappa shape index (κ1) is 14.7. The first-order valence-corrected chi connectivity index (χ1v) is 6.53. The number of nitrogens with two attached hydrogens (primary N) is 1. The van der Waals surface area contributed by atoms with Crippen molar-refractivity contribution in [2.45, 2.75) is 0 Å². The van der Waals surface area contributed by atoms with E-state index in [1.165, 1.54) is 18.2 Å². The molecular formula is C15H13N3O2S. The number of aldehydes is 1. The molecule has 4 N–H and O–H groups in total. The fraction of sp³-hybridized carbons (Fsp3) is 0. The van der Waals surface area contributed by atoms with Crippen molar-refractivity contribution >= 4 is 40.9 Å². The quantitative estimate of drug-likeness (QED) is 0.596. The second kappa shape index (κ2) is 6.62. The fourth-order valence-corrected chi connectivity index (χ4v) is 1.99. The molecule has 2 aromatic rings. The number of hydrogen-bond donors (Lipinski definition) is 3. The van der Waals surface area contributed by atoms with Gasteiger partial charge in [-0.1, -0.05) is 24.3 Å². The van der Waals surface area contributed by atoms with Gasteiger partial charge in [0.1, 0.15) is 6.29 Å². The summed E-state index contributed by atoms with van der Waals surface area (Å²) in [7, 11) is 0. The van der Waals surface area contributed by atoms with Gasteiger partial charge in [0.2, 0.25) is 0 Å². The number of rotatable bonds is 4. The summed E-state index contributed by atoms with van der Waals surface area (Å²) in [5.41, 5.74) is 7.18. The maximum absolute atomic E-state index is 11.4. The lowest BCUT2D eigenvalue weighted by atomic mass is 10.1. The van der Waals surface area contributed by atoms with Crippen molar-refractivity contribution in [2.75, 3.05) is 10.6 Å². The number of hydrogen-bond acceptors (Lipinski definition) is 3. The molecule has 0 aromatic heterocycles. The van der Waals surface area contributed by atoms with Gasteiger partial charge in [0.05, 0.1) is 11.3 Å². The molecule has 0 saturated carbocycles. The highest BCUT2D eigenvalue weighted by atomic mass is 32.1. The number of carbonyl (C=O) groups is 2. The fourth-order valence-electron chi connectivity index (χ4n) is 1.76. The molecule has 5 nitrogen and oxygen atoms in total. The maximum atomic E-state index is 11.4. The van der Waals surface area contributed by atoms with Crippen LogP contribution in [0.4, 0.5) is 11.4 Å². The first-order valence-electron chi connectivity index (χ1n) is 6.12. The Morgan fingerprint density at radius 3 is 2.43 bits per heavy atom. The van der Waals surface area contributed by atoms with Gasteiger partial charge in [-0.15, -0.1) is 0 Å². The van der Waals surface area contributed by atoms with Crippen molar-refractivity contribution in [3.63, 3.8) is 0 Å². The van der Waals surface area contributed by atoms with Crippen LogP contribution in [0.1, 0.15) is 20.7 Å². The van der Waals surface area contributed by atoms with Crippen molar-refractivity contribution in [1.29, 1.82) is 0 Å². The highest BCUT2D eigenvalue weighted by Crippen LogP contribution is 2.17. The summed E-state index contributed by atoms with van der Waals surface area (Å²) in [5, 5.41) is 6.15. The molecule has 0 aliphatic rings. The molecule has 1 amide bonds. The normalized spacial score (nSPS) is 9.71. The maximum Gasteiger partial charge on any atom is 0.250 e. The molecule has 0 bridgehead atoms. The highest BCUT2D eigenvalue weighted by molar-refractivity contribution is 7.80. The van der Waals surface area contributed by atoms with Gasteiger partial charge < -0.3 is 16.4 Å². The number of thiocarbonyl (C=S) groups is 1. The van der Waals surface area contributed by atoms with E-state index >= 15 is 0 Å². The molecule has 2 rings (SSSR count). The lowest BCUT2D eigenvalue weighted by molar-refractivity contribution is 0.1000. The van der Waals surface area contributed by atoms with Gasteiger partial charge in [0, 0.05) is 11.3 Å². The van der Waals surface area contributed by atoms with E-state index in [0.29, 0.717) is 22.6 Å². The van der Waals surface area contributed by atoms with Crippen LogP contribution in [0.2, 0.25) is 0 Å². The summed E-state index contributed by atoms with van der Waals surface area (Å²) in [6.07, 6.45) is 0.684. The van der Waals surface area contributed by atoms with Gasteiger partial charge in [-0.05, 0) is 36.5 Å². The molecule has 0 atom stereocenters. The van der Waals surface area contributed by atoms with Crippen molar-refractivity contribution in [1.82, 2.24) is 0 Å². The highest BCUT2D eigenvalue weighted by Gasteiger charge is 2.10. The van der Waals surface area contributed by atoms with Crippen LogP contribution in [0.3, 0.4) is 0 Å². The lowest BCUT2D eigenvalue weighted by Crippen LogP contribution is -2.22. The SMILES string of the molecule is NC(=O)c1ccc(C=O)cc1NC(=S)Nc1ccccc1. The predicted octanol–water partition coefficient (Wildman–Crippen LogP) is 2.41. The molecule has 106 valence electrons. The second-order valence-electron chi connectivity index (χ2n) is 4.23. The zero-order valence-corrected chi connectivity index (χ0v) is 11.8. The van der Waals surface area contributed by atoms with E-state index in [9.17, 15) is 9.59 Å². The van der Waals surface area contributed by atoms with E-state index in [-0.39, 0.29) is 5.56 Å². The third kappa shape index (κ3) is 3.87. The summed E-state index contributed by atoms with van der Waals surface area (Å²) in [6.45, 7) is 0. The van der Waals surface area contributed by atoms with Crippen LogP contribution in [0.25, 0.3) is 0 Å². The molecule has 0 spiro atoms. The first-order chi connectivity index (χ1) is 10.1. The summed E-state index contributed by atoms with van der Waals surface area (Å²) < 4.78 is 0. The molecule has 6 heteroatoms. The number of carbonyl (C=O) groups excluding carboxylic acids is 2. The number of anilines is 2. The Bertz CT molecular complexity index is 687. The molecule has 0 heterocycles. The molecule has 21 heavy (non-hydrogen) atoms. The minimum absolute atomic E-state index is 0.262. The van der Waals surface area contributed by atoms with Crippen LogP contribution in [0.5, 0.6) is 0 Å². The van der Waals surface area contributed by atoms with Crippen molar-refractivity contribution in [2.24, 2.45) is 5.73 Å². The van der Waals surface area contributed by atoms with Crippen molar-refractivity contribution in [3.05, 3.63) is 59.7 Å². The number of amides is 1. The van der Waals surface area contributed by atoms with Gasteiger partial charge in [-0.25, -0.2) is 0 Å². The number of primary amides is 1. The van der Waals surface area contributed by atoms with Gasteiger partial charge in [-0.3, -0.25) is 9.59 Å². The largest absolute Gasteiger partial charge is 0.366 e. The molecule has 0 fully saturated rings. The van der Waals surface area contributed by atoms with Crippen molar-refractivity contribution < 1.29 is 9.59 Å². The van der Waals surface area contributed by atoms with E-state index in [1.54, 1.807) is 0 Å². The Morgan fingerprint density at radius 1 is 1.10 bits per heavy atom. The molecule has 0 aliphatic carbocycles. The third-order valence-corrected chi connectivity index (χ3v) is 2.93. The summed E-state index contributed by atoms with van der Waals surface area (Å²) in [4.78, 5) is 22.2. The Hall–Kier alpha value is -2.73. The standard InChI is InChI=1S/C15H13N3O2S/c16-14(20)12-7-6-10(9-19)8-13(12)18-15(21)17-11-4-2-1-3-5-11/h1-9H,(H2,16,20)(H2,17,18,21).